The minimum absolute atomic E-state index is 0.00362. The summed E-state index contributed by atoms with van der Waals surface area (Å²) >= 11 is 0. The first-order valence-electron chi connectivity index (χ1n) is 20.1. The molecule has 4 rings (SSSR count). The van der Waals surface area contributed by atoms with Crippen LogP contribution >= 0.6 is 0 Å². The van der Waals surface area contributed by atoms with E-state index in [-0.39, 0.29) is 38.0 Å². The molecule has 330 valence electrons. The van der Waals surface area contributed by atoms with E-state index in [0.29, 0.717) is 23.1 Å². The summed E-state index contributed by atoms with van der Waals surface area (Å²) in [7, 11) is 1.22. The number of fused-ring (bicyclic) bond motifs is 1. The Morgan fingerprint density at radius 2 is 1.48 bits per heavy atom. The fourth-order valence-corrected chi connectivity index (χ4v) is 6.52. The van der Waals surface area contributed by atoms with Crippen LogP contribution in [0.2, 0.25) is 0 Å². The molecule has 6 amide bonds. The lowest BCUT2D eigenvalue weighted by atomic mass is 10.0. The molecule has 1 heterocycles. The van der Waals surface area contributed by atoms with Gasteiger partial charge in [-0.1, -0.05) is 60.7 Å². The second-order valence-electron chi connectivity index (χ2n) is 15.8. The first-order chi connectivity index (χ1) is 29.4. The molecule has 3 aromatic carbocycles. The summed E-state index contributed by atoms with van der Waals surface area (Å²) in [5.74, 6) is -5.15. The van der Waals surface area contributed by atoms with E-state index >= 15 is 0 Å². The number of carbonyl (C=O) groups is 7. The Bertz CT molecular complexity index is 2220. The molecular weight excluding hydrogens is 799 g/mol. The summed E-state index contributed by atoms with van der Waals surface area (Å²) in [6.07, 6.45) is 3.44. The largest absolute Gasteiger partial charge is 0.508 e. The summed E-state index contributed by atoms with van der Waals surface area (Å²) in [5, 5.41) is 30.7. The molecule has 0 fully saturated rings. The number of phenols is 1. The van der Waals surface area contributed by atoms with Crippen molar-refractivity contribution in [2.24, 2.45) is 5.73 Å². The highest BCUT2D eigenvalue weighted by Crippen LogP contribution is 2.20. The lowest BCUT2D eigenvalue weighted by Crippen LogP contribution is -2.59. The zero-order valence-corrected chi connectivity index (χ0v) is 35.2. The van der Waals surface area contributed by atoms with Gasteiger partial charge in [-0.3, -0.25) is 28.8 Å². The summed E-state index contributed by atoms with van der Waals surface area (Å²) in [5.41, 5.74) is 7.56. The number of aromatic amines is 1. The Balaban J connectivity index is 1.57. The number of hydrogen-bond acceptors (Lipinski definition) is 9. The number of benzene rings is 3. The van der Waals surface area contributed by atoms with Gasteiger partial charge in [0.15, 0.2) is 0 Å². The maximum absolute atomic E-state index is 14.4. The van der Waals surface area contributed by atoms with E-state index in [2.05, 4.69) is 26.3 Å². The number of aliphatic carboxylic acids is 1. The number of nitrogens with zero attached hydrogens (tertiary/aromatic N) is 1. The van der Waals surface area contributed by atoms with Crippen LogP contribution < -0.4 is 27.0 Å². The van der Waals surface area contributed by atoms with Crippen molar-refractivity contribution in [2.45, 2.75) is 89.1 Å². The maximum atomic E-state index is 14.4. The van der Waals surface area contributed by atoms with Crippen LogP contribution in [0.1, 0.15) is 63.1 Å². The summed E-state index contributed by atoms with van der Waals surface area (Å²) in [4.78, 5) is 96.5. The molecule has 17 heteroatoms. The molecule has 4 aromatic rings. The lowest BCUT2D eigenvalue weighted by Gasteiger charge is -2.32. The number of carboxylic acids is 1. The molecule has 1 aromatic heterocycles. The van der Waals surface area contributed by atoms with E-state index in [1.165, 1.54) is 25.3 Å². The first-order valence-corrected chi connectivity index (χ1v) is 20.1. The highest BCUT2D eigenvalue weighted by Gasteiger charge is 2.36. The molecule has 0 aliphatic rings. The van der Waals surface area contributed by atoms with E-state index in [1.54, 1.807) is 75.5 Å². The third-order valence-corrected chi connectivity index (χ3v) is 9.69. The molecule has 0 radical (unpaired) electrons. The van der Waals surface area contributed by atoms with Crippen molar-refractivity contribution >= 4 is 58.6 Å². The van der Waals surface area contributed by atoms with Crippen LogP contribution in [0.5, 0.6) is 5.75 Å². The predicted molar refractivity (Wildman–Crippen MR) is 231 cm³/mol. The number of para-hydroxylation sites is 1. The van der Waals surface area contributed by atoms with E-state index in [1.807, 2.05) is 24.3 Å². The molecule has 0 aliphatic carbocycles. The molecule has 4 atom stereocenters. The number of amides is 6. The van der Waals surface area contributed by atoms with Crippen LogP contribution in [0, 0.1) is 0 Å². The van der Waals surface area contributed by atoms with Crippen LogP contribution in [0.15, 0.2) is 91.1 Å². The fourth-order valence-electron chi connectivity index (χ4n) is 6.52. The Morgan fingerprint density at radius 1 is 0.823 bits per heavy atom. The smallest absolute Gasteiger partial charge is 0.408 e. The number of primary amides is 1. The number of carboxylic acid groups (broad SMARTS) is 1. The van der Waals surface area contributed by atoms with E-state index < -0.39 is 77.8 Å². The minimum Gasteiger partial charge on any atom is -0.508 e. The molecule has 62 heavy (non-hydrogen) atoms. The van der Waals surface area contributed by atoms with Crippen LogP contribution in [0.25, 0.3) is 17.0 Å². The normalized spacial score (nSPS) is 13.3. The standard InChI is InChI=1S/C45H55N7O10/c1-45(2,3)62-44(61)51-36(25-30-27-48-33-15-9-8-14-32(30)33)41(58)49-34(16-10-11-23-47-38(54)22-19-28-17-20-31(53)21-18-28)43(60)52(4)37(26-39(55)56)42(59)50-35(40(46)57)24-29-12-6-5-7-13-29/h5-9,12-15,17-22,27,34-37,48,53H,10-11,16,23-26H2,1-4H3,(H2,46,57)(H,47,54)(H,49,58)(H,50,59)(H,51,61)(H,55,56)/b22-19+/t34-,35-,36-,37-/m0/s1. The van der Waals surface area contributed by atoms with Crippen molar-refractivity contribution in [1.82, 2.24) is 31.2 Å². The van der Waals surface area contributed by atoms with Gasteiger partial charge in [0.1, 0.15) is 35.5 Å². The number of unbranched alkanes of at least 4 members (excludes halogenated alkanes) is 1. The van der Waals surface area contributed by atoms with Crippen LogP contribution in [0.4, 0.5) is 4.79 Å². The highest BCUT2D eigenvalue weighted by atomic mass is 16.6. The second-order valence-corrected chi connectivity index (χ2v) is 15.8. The van der Waals surface area contributed by atoms with Gasteiger partial charge in [0.05, 0.1) is 6.42 Å². The van der Waals surface area contributed by atoms with Gasteiger partial charge in [-0.25, -0.2) is 4.79 Å². The number of alkyl carbamates (subject to hydrolysis) is 1. The van der Waals surface area contributed by atoms with Crippen LogP contribution in [0.3, 0.4) is 0 Å². The average Bonchev–Trinajstić information content (AvgIpc) is 3.63. The molecule has 0 saturated heterocycles. The number of nitrogens with one attached hydrogen (secondary N) is 5. The lowest BCUT2D eigenvalue weighted by molar-refractivity contribution is -0.147. The number of nitrogens with two attached hydrogens (primary N) is 1. The number of phenolic OH excluding ortho intramolecular Hbond substituents is 1. The molecular formula is C45H55N7O10. The second kappa shape index (κ2) is 22.4. The molecule has 9 N–H and O–H groups in total. The number of aromatic hydroxyl groups is 1. The Kier molecular flexibility index (Phi) is 17.2. The molecule has 0 bridgehead atoms. The first kappa shape index (κ1) is 47.5. The third-order valence-electron chi connectivity index (χ3n) is 9.69. The van der Waals surface area contributed by atoms with E-state index in [9.17, 15) is 43.8 Å². The maximum Gasteiger partial charge on any atom is 0.408 e. The van der Waals surface area contributed by atoms with Crippen molar-refractivity contribution < 1.29 is 48.5 Å². The third kappa shape index (κ3) is 15.1. The summed E-state index contributed by atoms with van der Waals surface area (Å²) in [6, 6.07) is 16.8. The number of ether oxygens (including phenoxy) is 1. The molecule has 0 unspecified atom stereocenters. The van der Waals surface area contributed by atoms with Gasteiger partial charge < -0.3 is 51.8 Å². The van der Waals surface area contributed by atoms with Gasteiger partial charge in [-0.2, -0.15) is 0 Å². The van der Waals surface area contributed by atoms with E-state index in [4.69, 9.17) is 10.5 Å². The van der Waals surface area contributed by atoms with Gasteiger partial charge in [0.2, 0.25) is 29.5 Å². The van der Waals surface area contributed by atoms with Gasteiger partial charge in [0.25, 0.3) is 0 Å². The quantitative estimate of drug-likeness (QED) is 0.0448. The van der Waals surface area contributed by atoms with Crippen LogP contribution in [-0.2, 0) is 46.3 Å². The van der Waals surface area contributed by atoms with Crippen molar-refractivity contribution in [3.63, 3.8) is 0 Å². The number of carbonyl (C=O) groups excluding carboxylic acids is 6. The molecule has 17 nitrogen and oxygen atoms in total. The van der Waals surface area contributed by atoms with Crippen molar-refractivity contribution in [3.8, 4) is 5.75 Å². The number of rotatable bonds is 21. The fraction of sp³-hybridized carbons (Fsp3) is 0.356. The predicted octanol–water partition coefficient (Wildman–Crippen LogP) is 3.31. The van der Waals surface area contributed by atoms with Gasteiger partial charge in [0, 0.05) is 49.6 Å². The summed E-state index contributed by atoms with van der Waals surface area (Å²) in [6.45, 7) is 5.18. The zero-order valence-electron chi connectivity index (χ0n) is 35.2. The van der Waals surface area contributed by atoms with Crippen molar-refractivity contribution in [3.05, 3.63) is 108 Å². The van der Waals surface area contributed by atoms with Gasteiger partial charge in [-0.05, 0) is 81.0 Å². The highest BCUT2D eigenvalue weighted by molar-refractivity contribution is 5.97. The zero-order chi connectivity index (χ0) is 45.4. The molecule has 0 saturated carbocycles. The van der Waals surface area contributed by atoms with Crippen LogP contribution in [-0.4, -0.2) is 105 Å². The molecule has 0 spiro atoms. The minimum atomic E-state index is -1.64. The Labute approximate surface area is 359 Å². The average molecular weight is 854 g/mol. The number of hydrogen-bond donors (Lipinski definition) is 8. The summed E-state index contributed by atoms with van der Waals surface area (Å²) < 4.78 is 5.46. The SMILES string of the molecule is CN(C(=O)[C@H](CCCCNC(=O)/C=C/c1ccc(O)cc1)NC(=O)[C@H](Cc1c[nH]c2ccccc12)NC(=O)OC(C)(C)C)[C@@H](CC(=O)O)C(=O)N[C@@H](Cc1ccccc1)C(N)=O. The molecule has 0 aliphatic heterocycles. The monoisotopic (exact) mass is 853 g/mol. The van der Waals surface area contributed by atoms with Gasteiger partial charge in [-0.15, -0.1) is 0 Å². The van der Waals surface area contributed by atoms with Gasteiger partial charge >= 0.3 is 12.1 Å². The van der Waals surface area contributed by atoms with E-state index in [0.717, 1.165) is 15.8 Å². The Morgan fingerprint density at radius 3 is 2.15 bits per heavy atom. The number of aromatic nitrogens is 1. The Hall–Kier alpha value is -7.17. The van der Waals surface area contributed by atoms with Crippen molar-refractivity contribution in [1.29, 1.82) is 0 Å². The number of H-pyrrole nitrogens is 1. The number of likely N-dealkylation sites (N-methyl/N-ethyl adjacent to an activating group) is 1. The van der Waals surface area contributed by atoms with Crippen molar-refractivity contribution in [2.75, 3.05) is 13.6 Å². The topological polar surface area (TPSA) is 262 Å².